The molecule has 0 unspecified atom stereocenters. The van der Waals surface area contributed by atoms with E-state index in [9.17, 15) is 19.5 Å². The van der Waals surface area contributed by atoms with Crippen LogP contribution >= 0.6 is 0 Å². The van der Waals surface area contributed by atoms with Crippen molar-refractivity contribution in [3.05, 3.63) is 59.7 Å². The van der Waals surface area contributed by atoms with Gasteiger partial charge in [0.05, 0.1) is 5.92 Å². The van der Waals surface area contributed by atoms with Gasteiger partial charge in [-0.3, -0.25) is 14.9 Å². The highest BCUT2D eigenvalue weighted by atomic mass is 16.5. The Balaban J connectivity index is 1.60. The summed E-state index contributed by atoms with van der Waals surface area (Å²) in [6.07, 6.45) is 0.645. The van der Waals surface area contributed by atoms with E-state index >= 15 is 0 Å². The summed E-state index contributed by atoms with van der Waals surface area (Å²) in [7, 11) is 0. The number of benzene rings is 2. The van der Waals surface area contributed by atoms with Crippen molar-refractivity contribution in [3.63, 3.8) is 0 Å². The van der Waals surface area contributed by atoms with Crippen molar-refractivity contribution >= 4 is 17.9 Å². The number of carbonyl (C=O) groups is 3. The average Bonchev–Trinajstić information content (AvgIpc) is 3.43. The Morgan fingerprint density at radius 3 is 2.18 bits per heavy atom. The molecule has 2 aromatic rings. The molecule has 1 saturated carbocycles. The van der Waals surface area contributed by atoms with Gasteiger partial charge >= 0.3 is 12.0 Å². The minimum Gasteiger partial charge on any atom is -0.481 e. The Morgan fingerprint density at radius 1 is 1.07 bits per heavy atom. The summed E-state index contributed by atoms with van der Waals surface area (Å²) < 4.78 is 6.01. The topological polar surface area (TPSA) is 105 Å². The molecular formula is C21H18N2O5. The van der Waals surface area contributed by atoms with Crippen LogP contribution in [-0.4, -0.2) is 28.6 Å². The van der Waals surface area contributed by atoms with Crippen LogP contribution < -0.4 is 15.4 Å². The number of ether oxygens (including phenoxy) is 1. The van der Waals surface area contributed by atoms with Gasteiger partial charge in [-0.1, -0.05) is 36.4 Å². The van der Waals surface area contributed by atoms with E-state index in [-0.39, 0.29) is 12.3 Å². The number of imide groups is 1. The number of nitrogens with one attached hydrogen (secondary N) is 2. The van der Waals surface area contributed by atoms with E-state index in [1.165, 1.54) is 0 Å². The molecule has 0 radical (unpaired) electrons. The maximum atomic E-state index is 12.8. The van der Waals surface area contributed by atoms with E-state index in [4.69, 9.17) is 4.74 Å². The Labute approximate surface area is 160 Å². The van der Waals surface area contributed by atoms with Crippen LogP contribution in [0.1, 0.15) is 29.9 Å². The fourth-order valence-corrected chi connectivity index (χ4v) is 4.62. The lowest BCUT2D eigenvalue weighted by atomic mass is 9.75. The number of hydrogen-bond donors (Lipinski definition) is 3. The summed E-state index contributed by atoms with van der Waals surface area (Å²) in [5, 5.41) is 14.5. The van der Waals surface area contributed by atoms with Crippen molar-refractivity contribution in [1.82, 2.24) is 10.6 Å². The zero-order valence-electron chi connectivity index (χ0n) is 14.8. The van der Waals surface area contributed by atoms with Crippen LogP contribution in [0.2, 0.25) is 0 Å². The molecule has 3 amide bonds. The van der Waals surface area contributed by atoms with Crippen LogP contribution in [-0.2, 0) is 9.59 Å². The zero-order valence-corrected chi connectivity index (χ0v) is 14.8. The molecule has 2 heterocycles. The molecule has 3 aliphatic rings. The smallest absolute Gasteiger partial charge is 0.322 e. The predicted octanol–water partition coefficient (Wildman–Crippen LogP) is 2.61. The maximum Gasteiger partial charge on any atom is 0.322 e. The van der Waals surface area contributed by atoms with Crippen LogP contribution in [0.4, 0.5) is 4.79 Å². The largest absolute Gasteiger partial charge is 0.481 e. The summed E-state index contributed by atoms with van der Waals surface area (Å²) in [5.74, 6) is -1.25. The van der Waals surface area contributed by atoms with Gasteiger partial charge in [0.2, 0.25) is 0 Å². The molecule has 7 heteroatoms. The summed E-state index contributed by atoms with van der Waals surface area (Å²) in [4.78, 5) is 36.3. The molecule has 2 fully saturated rings. The number of rotatable bonds is 4. The first-order valence-corrected chi connectivity index (χ1v) is 9.22. The number of hydrogen-bond acceptors (Lipinski definition) is 4. The molecule has 1 aliphatic carbocycles. The Bertz CT molecular complexity index is 974. The van der Waals surface area contributed by atoms with Crippen molar-refractivity contribution < 1.29 is 24.2 Å². The van der Waals surface area contributed by atoms with Crippen molar-refractivity contribution in [2.45, 2.75) is 24.3 Å². The minimum absolute atomic E-state index is 0.208. The zero-order chi connectivity index (χ0) is 19.5. The number of urea groups is 1. The van der Waals surface area contributed by atoms with Crippen LogP contribution in [0.3, 0.4) is 0 Å². The molecule has 2 aliphatic heterocycles. The van der Waals surface area contributed by atoms with E-state index in [2.05, 4.69) is 10.6 Å². The van der Waals surface area contributed by atoms with E-state index in [1.54, 1.807) is 0 Å². The van der Waals surface area contributed by atoms with E-state index in [0.29, 0.717) is 17.9 Å². The summed E-state index contributed by atoms with van der Waals surface area (Å²) >= 11 is 0. The van der Waals surface area contributed by atoms with Gasteiger partial charge in [-0.2, -0.15) is 0 Å². The number of carboxylic acids is 1. The molecule has 1 saturated heterocycles. The van der Waals surface area contributed by atoms with Gasteiger partial charge in [0, 0.05) is 23.0 Å². The Kier molecular flexibility index (Phi) is 3.49. The minimum atomic E-state index is -1.25. The number of aliphatic carboxylic acids is 1. The SMILES string of the molecule is O=C1NC(=O)[C@](CC2c3ccccc3Oc3ccccc32)([C@H]2C[C@@H]2C(=O)O)N1. The van der Waals surface area contributed by atoms with Gasteiger partial charge in [-0.25, -0.2) is 4.79 Å². The van der Waals surface area contributed by atoms with E-state index < -0.39 is 35.3 Å². The van der Waals surface area contributed by atoms with Gasteiger partial charge < -0.3 is 15.2 Å². The van der Waals surface area contributed by atoms with Gasteiger partial charge in [0.25, 0.3) is 5.91 Å². The lowest BCUT2D eigenvalue weighted by molar-refractivity contribution is -0.139. The fourth-order valence-electron chi connectivity index (χ4n) is 4.62. The molecule has 3 atom stereocenters. The van der Waals surface area contributed by atoms with Crippen molar-refractivity contribution in [1.29, 1.82) is 0 Å². The number of fused-ring (bicyclic) bond motifs is 2. The van der Waals surface area contributed by atoms with E-state index in [1.807, 2.05) is 48.5 Å². The number of para-hydroxylation sites is 2. The van der Waals surface area contributed by atoms with Crippen LogP contribution in [0.25, 0.3) is 0 Å². The lowest BCUT2D eigenvalue weighted by Crippen LogP contribution is -2.51. The molecule has 5 rings (SSSR count). The number of carboxylic acid groups (broad SMARTS) is 1. The second kappa shape index (κ2) is 5.82. The molecule has 7 nitrogen and oxygen atoms in total. The van der Waals surface area contributed by atoms with Crippen LogP contribution in [0, 0.1) is 11.8 Å². The first-order valence-electron chi connectivity index (χ1n) is 9.22. The van der Waals surface area contributed by atoms with Gasteiger partial charge in [-0.15, -0.1) is 0 Å². The van der Waals surface area contributed by atoms with Crippen LogP contribution in [0.15, 0.2) is 48.5 Å². The van der Waals surface area contributed by atoms with Crippen molar-refractivity contribution in [2.24, 2.45) is 11.8 Å². The maximum absolute atomic E-state index is 12.8. The Hall–Kier alpha value is -3.35. The molecule has 0 bridgehead atoms. The highest BCUT2D eigenvalue weighted by Crippen LogP contribution is 2.54. The molecule has 142 valence electrons. The third-order valence-corrected chi connectivity index (χ3v) is 6.04. The quantitative estimate of drug-likeness (QED) is 0.710. The lowest BCUT2D eigenvalue weighted by Gasteiger charge is -2.35. The van der Waals surface area contributed by atoms with Gasteiger partial charge in [0.1, 0.15) is 17.0 Å². The summed E-state index contributed by atoms with van der Waals surface area (Å²) in [6, 6.07) is 14.6. The molecular weight excluding hydrogens is 360 g/mol. The molecule has 0 aromatic heterocycles. The Morgan fingerprint density at radius 2 is 1.68 bits per heavy atom. The highest BCUT2D eigenvalue weighted by molar-refractivity contribution is 6.08. The van der Waals surface area contributed by atoms with Crippen LogP contribution in [0.5, 0.6) is 11.5 Å². The second-order valence-corrected chi connectivity index (χ2v) is 7.60. The van der Waals surface area contributed by atoms with Gasteiger partial charge in [0.15, 0.2) is 0 Å². The normalized spacial score (nSPS) is 27.9. The monoisotopic (exact) mass is 378 g/mol. The molecule has 0 spiro atoms. The van der Waals surface area contributed by atoms with E-state index in [0.717, 1.165) is 11.1 Å². The number of amides is 3. The first-order chi connectivity index (χ1) is 13.5. The third kappa shape index (κ3) is 2.39. The third-order valence-electron chi connectivity index (χ3n) is 6.04. The summed E-state index contributed by atoms with van der Waals surface area (Å²) in [5.41, 5.74) is 0.589. The van der Waals surface area contributed by atoms with Crippen molar-refractivity contribution in [3.8, 4) is 11.5 Å². The second-order valence-electron chi connectivity index (χ2n) is 7.60. The molecule has 28 heavy (non-hydrogen) atoms. The predicted molar refractivity (Wildman–Crippen MR) is 98.1 cm³/mol. The molecule has 2 aromatic carbocycles. The standard InChI is InChI=1S/C21H18N2O5/c24-18(25)13-9-15(13)21(19(26)22-20(27)23-21)10-14-11-5-1-3-7-16(11)28-17-8-4-2-6-12(14)17/h1-8,13-15H,9-10H2,(H,24,25)(H2,22,23,26,27)/t13-,15-,21-/m0/s1. The highest BCUT2D eigenvalue weighted by Gasteiger charge is 2.64. The average molecular weight is 378 g/mol. The number of carbonyl (C=O) groups excluding carboxylic acids is 2. The summed E-state index contributed by atoms with van der Waals surface area (Å²) in [6.45, 7) is 0. The van der Waals surface area contributed by atoms with Crippen molar-refractivity contribution in [2.75, 3.05) is 0 Å². The van der Waals surface area contributed by atoms with Gasteiger partial charge in [-0.05, 0) is 25.0 Å². The molecule has 3 N–H and O–H groups in total. The first kappa shape index (κ1) is 16.8. The fraction of sp³-hybridized carbons (Fsp3) is 0.286.